The van der Waals surface area contributed by atoms with Crippen molar-refractivity contribution in [2.45, 2.75) is 57.2 Å². The molecule has 2 fully saturated rings. The molecular weight excluding hydrogens is 244 g/mol. The van der Waals surface area contributed by atoms with Gasteiger partial charge in [0.15, 0.2) is 0 Å². The molecule has 1 aliphatic carbocycles. The van der Waals surface area contributed by atoms with Gasteiger partial charge in [-0.3, -0.25) is 9.69 Å². The van der Waals surface area contributed by atoms with Crippen molar-refractivity contribution in [3.05, 3.63) is 0 Å². The Morgan fingerprint density at radius 2 is 2.26 bits per heavy atom. The number of hydrogen-bond donors (Lipinski definition) is 2. The van der Waals surface area contributed by atoms with Crippen molar-refractivity contribution in [3.8, 4) is 0 Å². The molecule has 1 heterocycles. The third-order valence-electron chi connectivity index (χ3n) is 4.56. The summed E-state index contributed by atoms with van der Waals surface area (Å²) in [7, 11) is 0. The number of aliphatic carboxylic acids is 1. The largest absolute Gasteiger partial charge is 0.480 e. The van der Waals surface area contributed by atoms with Crippen LogP contribution in [0.25, 0.3) is 0 Å². The predicted molar refractivity (Wildman–Crippen MR) is 73.3 cm³/mol. The van der Waals surface area contributed by atoms with Gasteiger partial charge in [-0.15, -0.1) is 0 Å². The van der Waals surface area contributed by atoms with Gasteiger partial charge < -0.3 is 15.2 Å². The molecule has 2 rings (SSSR count). The van der Waals surface area contributed by atoms with E-state index in [0.717, 1.165) is 26.2 Å². The van der Waals surface area contributed by atoms with Crippen molar-refractivity contribution in [1.29, 1.82) is 0 Å². The van der Waals surface area contributed by atoms with Crippen LogP contribution < -0.4 is 5.32 Å². The Labute approximate surface area is 115 Å². The molecule has 5 heteroatoms. The molecule has 5 nitrogen and oxygen atoms in total. The molecule has 0 aromatic carbocycles. The number of nitrogens with zero attached hydrogens (tertiary/aromatic N) is 1. The first-order valence-corrected chi connectivity index (χ1v) is 7.24. The highest BCUT2D eigenvalue weighted by atomic mass is 16.5. The van der Waals surface area contributed by atoms with Crippen LogP contribution in [0.1, 0.15) is 40.0 Å². The van der Waals surface area contributed by atoms with Gasteiger partial charge in [-0.25, -0.2) is 0 Å². The monoisotopic (exact) mass is 270 g/mol. The Bertz CT molecular complexity index is 346. The second-order valence-corrected chi connectivity index (χ2v) is 6.37. The number of hydrogen-bond acceptors (Lipinski definition) is 4. The first-order valence-electron chi connectivity index (χ1n) is 7.24. The van der Waals surface area contributed by atoms with Gasteiger partial charge in [0.1, 0.15) is 5.54 Å². The van der Waals surface area contributed by atoms with Gasteiger partial charge in [-0.2, -0.15) is 0 Å². The van der Waals surface area contributed by atoms with E-state index in [1.807, 2.05) is 6.92 Å². The molecule has 0 spiro atoms. The van der Waals surface area contributed by atoms with Gasteiger partial charge in [0, 0.05) is 18.1 Å². The molecule has 19 heavy (non-hydrogen) atoms. The zero-order valence-corrected chi connectivity index (χ0v) is 12.2. The lowest BCUT2D eigenvalue weighted by Crippen LogP contribution is -2.58. The normalized spacial score (nSPS) is 35.4. The minimum atomic E-state index is -0.728. The highest BCUT2D eigenvalue weighted by molar-refractivity contribution is 5.79. The summed E-state index contributed by atoms with van der Waals surface area (Å²) in [6, 6.07) is 0.342. The van der Waals surface area contributed by atoms with E-state index in [2.05, 4.69) is 24.1 Å². The molecule has 110 valence electrons. The van der Waals surface area contributed by atoms with Crippen LogP contribution >= 0.6 is 0 Å². The number of carboxylic acids is 1. The molecule has 0 aromatic heterocycles. The number of nitrogens with one attached hydrogen (secondary N) is 1. The van der Waals surface area contributed by atoms with Gasteiger partial charge >= 0.3 is 5.97 Å². The van der Waals surface area contributed by atoms with Crippen molar-refractivity contribution in [1.82, 2.24) is 10.2 Å². The number of morpholine rings is 1. The summed E-state index contributed by atoms with van der Waals surface area (Å²) >= 11 is 0. The maximum absolute atomic E-state index is 11.6. The van der Waals surface area contributed by atoms with Gasteiger partial charge in [-0.1, -0.05) is 6.92 Å². The van der Waals surface area contributed by atoms with Crippen molar-refractivity contribution in [2.75, 3.05) is 26.3 Å². The molecule has 2 N–H and O–H groups in total. The highest BCUT2D eigenvalue weighted by Crippen LogP contribution is 2.37. The molecule has 0 amide bonds. The van der Waals surface area contributed by atoms with E-state index >= 15 is 0 Å². The fourth-order valence-electron chi connectivity index (χ4n) is 3.60. The third kappa shape index (κ3) is 2.78. The summed E-state index contributed by atoms with van der Waals surface area (Å²) in [4.78, 5) is 14.0. The molecule has 1 saturated carbocycles. The topological polar surface area (TPSA) is 61.8 Å². The van der Waals surface area contributed by atoms with E-state index in [4.69, 9.17) is 4.74 Å². The van der Waals surface area contributed by atoms with Crippen LogP contribution in [0.4, 0.5) is 0 Å². The number of carboxylic acid groups (broad SMARTS) is 1. The predicted octanol–water partition coefficient (Wildman–Crippen LogP) is 1.08. The fourth-order valence-corrected chi connectivity index (χ4v) is 3.60. The van der Waals surface area contributed by atoms with E-state index in [1.165, 1.54) is 0 Å². The van der Waals surface area contributed by atoms with Crippen molar-refractivity contribution < 1.29 is 14.6 Å². The summed E-state index contributed by atoms with van der Waals surface area (Å²) in [5, 5.41) is 12.7. The van der Waals surface area contributed by atoms with E-state index in [1.54, 1.807) is 0 Å². The standard InChI is InChI=1S/C14H26N2O3/c1-4-15-14(12(17)18)6-5-11(9-14)16-7-8-19-10-13(16,2)3/h11,15H,4-10H2,1-3H3,(H,17,18). The molecule has 2 aliphatic rings. The van der Waals surface area contributed by atoms with Crippen LogP contribution in [0.5, 0.6) is 0 Å². The Morgan fingerprint density at radius 3 is 2.84 bits per heavy atom. The quantitative estimate of drug-likeness (QED) is 0.800. The van der Waals surface area contributed by atoms with Gasteiger partial charge in [0.05, 0.1) is 13.2 Å². The summed E-state index contributed by atoms with van der Waals surface area (Å²) in [5.41, 5.74) is -0.725. The molecule has 1 aliphatic heterocycles. The van der Waals surface area contributed by atoms with Crippen LogP contribution in [0.15, 0.2) is 0 Å². The highest BCUT2D eigenvalue weighted by Gasteiger charge is 2.49. The van der Waals surface area contributed by atoms with Gasteiger partial charge in [-0.05, 0) is 39.7 Å². The molecule has 1 saturated heterocycles. The number of rotatable bonds is 4. The molecule has 0 bridgehead atoms. The molecular formula is C14H26N2O3. The summed E-state index contributed by atoms with van der Waals surface area (Å²) in [6.45, 7) is 9.41. The summed E-state index contributed by atoms with van der Waals surface area (Å²) in [6.07, 6.45) is 2.36. The second kappa shape index (κ2) is 5.38. The van der Waals surface area contributed by atoms with Crippen LogP contribution in [0, 0.1) is 0 Å². The Balaban J connectivity index is 2.10. The molecule has 2 unspecified atom stereocenters. The minimum Gasteiger partial charge on any atom is -0.480 e. The SMILES string of the molecule is CCNC1(C(=O)O)CCC(N2CCOCC2(C)C)C1. The van der Waals surface area contributed by atoms with E-state index in [9.17, 15) is 9.90 Å². The van der Waals surface area contributed by atoms with E-state index < -0.39 is 11.5 Å². The third-order valence-corrected chi connectivity index (χ3v) is 4.56. The Hall–Kier alpha value is -0.650. The maximum Gasteiger partial charge on any atom is 0.323 e. The molecule has 0 aromatic rings. The van der Waals surface area contributed by atoms with Crippen LogP contribution in [-0.2, 0) is 9.53 Å². The summed E-state index contributed by atoms with van der Waals surface area (Å²) < 4.78 is 5.55. The average Bonchev–Trinajstić information content (AvgIpc) is 2.74. The zero-order valence-electron chi connectivity index (χ0n) is 12.2. The lowest BCUT2D eigenvalue weighted by molar-refractivity contribution is -0.145. The van der Waals surface area contributed by atoms with Crippen molar-refractivity contribution in [2.24, 2.45) is 0 Å². The smallest absolute Gasteiger partial charge is 0.323 e. The first kappa shape index (κ1) is 14.8. The Morgan fingerprint density at radius 1 is 1.53 bits per heavy atom. The van der Waals surface area contributed by atoms with Crippen LogP contribution in [-0.4, -0.2) is 59.4 Å². The second-order valence-electron chi connectivity index (χ2n) is 6.37. The maximum atomic E-state index is 11.6. The van der Waals surface area contributed by atoms with Crippen LogP contribution in [0.3, 0.4) is 0 Å². The lowest BCUT2D eigenvalue weighted by Gasteiger charge is -2.46. The van der Waals surface area contributed by atoms with Gasteiger partial charge in [0.25, 0.3) is 0 Å². The lowest BCUT2D eigenvalue weighted by atomic mass is 9.95. The molecule has 0 radical (unpaired) electrons. The van der Waals surface area contributed by atoms with Crippen molar-refractivity contribution in [3.63, 3.8) is 0 Å². The van der Waals surface area contributed by atoms with Gasteiger partial charge in [0.2, 0.25) is 0 Å². The minimum absolute atomic E-state index is 0.00369. The zero-order chi connectivity index (χ0) is 14.1. The van der Waals surface area contributed by atoms with E-state index in [0.29, 0.717) is 25.4 Å². The van der Waals surface area contributed by atoms with E-state index in [-0.39, 0.29) is 5.54 Å². The summed E-state index contributed by atoms with van der Waals surface area (Å²) in [5.74, 6) is -0.706. The number of ether oxygens (including phenoxy) is 1. The molecule has 2 atom stereocenters. The average molecular weight is 270 g/mol. The van der Waals surface area contributed by atoms with Crippen LogP contribution in [0.2, 0.25) is 0 Å². The van der Waals surface area contributed by atoms with Crippen molar-refractivity contribution >= 4 is 5.97 Å². The number of carbonyl (C=O) groups is 1. The number of likely N-dealkylation sites (N-methyl/N-ethyl adjacent to an activating group) is 1. The Kier molecular flexibility index (Phi) is 4.18. The fraction of sp³-hybridized carbons (Fsp3) is 0.929. The first-order chi connectivity index (χ1) is 8.91.